The molecule has 1 aliphatic carbocycles. The average Bonchev–Trinajstić information content (AvgIpc) is 3.25. The summed E-state index contributed by atoms with van der Waals surface area (Å²) in [6.45, 7) is 7.69. The molecule has 1 saturated carbocycles. The third-order valence-corrected chi connectivity index (χ3v) is 4.69. The summed E-state index contributed by atoms with van der Waals surface area (Å²) in [6, 6.07) is 4.50. The molecule has 1 aromatic heterocycles. The van der Waals surface area contributed by atoms with Crippen LogP contribution in [-0.2, 0) is 21.4 Å². The highest BCUT2D eigenvalue weighted by Crippen LogP contribution is 2.48. The molecule has 4 nitrogen and oxygen atoms in total. The van der Waals surface area contributed by atoms with E-state index >= 15 is 0 Å². The quantitative estimate of drug-likeness (QED) is 0.581. The first-order valence-electron chi connectivity index (χ1n) is 8.05. The Bertz CT molecular complexity index is 625. The van der Waals surface area contributed by atoms with E-state index < -0.39 is 5.60 Å². The molecule has 2 rings (SSSR count). The van der Waals surface area contributed by atoms with Crippen LogP contribution in [0.25, 0.3) is 0 Å². The zero-order chi connectivity index (χ0) is 17.1. The van der Waals surface area contributed by atoms with Gasteiger partial charge in [0.2, 0.25) is 0 Å². The van der Waals surface area contributed by atoms with E-state index in [-0.39, 0.29) is 11.4 Å². The number of carbonyl (C=O) groups is 1. The van der Waals surface area contributed by atoms with E-state index in [1.54, 1.807) is 18.0 Å². The van der Waals surface area contributed by atoms with Crippen LogP contribution in [0.2, 0.25) is 0 Å². The normalized spacial score (nSPS) is 15.8. The average molecular weight is 332 g/mol. The molecule has 5 heteroatoms. The van der Waals surface area contributed by atoms with Crippen LogP contribution in [0.3, 0.4) is 0 Å². The predicted octanol–water partition coefficient (Wildman–Crippen LogP) is 4.02. The number of pyridine rings is 1. The van der Waals surface area contributed by atoms with Crippen LogP contribution in [-0.4, -0.2) is 22.3 Å². The second-order valence-corrected chi connectivity index (χ2v) is 8.19. The van der Waals surface area contributed by atoms with Gasteiger partial charge in [-0.25, -0.2) is 0 Å². The van der Waals surface area contributed by atoms with Crippen molar-refractivity contribution in [2.75, 3.05) is 5.75 Å². The number of rotatable bonds is 6. The summed E-state index contributed by atoms with van der Waals surface area (Å²) in [5.74, 6) is 0.732. The fraction of sp³-hybridized carbons (Fsp3) is 0.611. The van der Waals surface area contributed by atoms with Gasteiger partial charge in [0.15, 0.2) is 0 Å². The van der Waals surface area contributed by atoms with Crippen LogP contribution >= 0.6 is 11.8 Å². The van der Waals surface area contributed by atoms with Crippen molar-refractivity contribution in [1.82, 2.24) is 4.98 Å². The molecule has 0 aromatic carbocycles. The maximum atomic E-state index is 11.9. The summed E-state index contributed by atoms with van der Waals surface area (Å²) >= 11 is 1.71. The summed E-state index contributed by atoms with van der Waals surface area (Å²) in [4.78, 5) is 17.5. The van der Waals surface area contributed by atoms with Crippen LogP contribution in [0.4, 0.5) is 0 Å². The maximum absolute atomic E-state index is 11.9. The van der Waals surface area contributed by atoms with E-state index in [1.165, 1.54) is 0 Å². The summed E-state index contributed by atoms with van der Waals surface area (Å²) in [7, 11) is 0. The van der Waals surface area contributed by atoms with Crippen molar-refractivity contribution in [2.45, 2.75) is 69.3 Å². The Hall–Kier alpha value is -1.54. The fourth-order valence-corrected chi connectivity index (χ4v) is 3.25. The van der Waals surface area contributed by atoms with E-state index in [0.717, 1.165) is 34.7 Å². The first kappa shape index (κ1) is 17.8. The van der Waals surface area contributed by atoms with Crippen LogP contribution < -0.4 is 0 Å². The molecule has 0 spiro atoms. The number of nitriles is 1. The molecule has 0 N–H and O–H groups in total. The van der Waals surface area contributed by atoms with Gasteiger partial charge < -0.3 is 4.74 Å². The highest BCUT2D eigenvalue weighted by molar-refractivity contribution is 7.99. The minimum Gasteiger partial charge on any atom is -0.460 e. The maximum Gasteiger partial charge on any atom is 0.306 e. The van der Waals surface area contributed by atoms with Gasteiger partial charge in [0.25, 0.3) is 0 Å². The summed E-state index contributed by atoms with van der Waals surface area (Å²) in [5.41, 5.74) is 1.15. The Morgan fingerprint density at radius 2 is 2.17 bits per heavy atom. The van der Waals surface area contributed by atoms with Gasteiger partial charge in [-0.15, -0.1) is 11.8 Å². The zero-order valence-electron chi connectivity index (χ0n) is 14.3. The van der Waals surface area contributed by atoms with E-state index in [0.29, 0.717) is 12.8 Å². The molecule has 1 fully saturated rings. The summed E-state index contributed by atoms with van der Waals surface area (Å²) in [5, 5.41) is 9.34. The topological polar surface area (TPSA) is 63.0 Å². The van der Waals surface area contributed by atoms with Crippen molar-refractivity contribution in [3.8, 4) is 6.07 Å². The molecule has 124 valence electrons. The molecule has 0 bridgehead atoms. The van der Waals surface area contributed by atoms with Crippen molar-refractivity contribution in [2.24, 2.45) is 0 Å². The van der Waals surface area contributed by atoms with Crippen molar-refractivity contribution in [3.05, 3.63) is 23.5 Å². The molecule has 0 atom stereocenters. The first-order valence-corrected chi connectivity index (χ1v) is 9.03. The second-order valence-electron chi connectivity index (χ2n) is 6.88. The van der Waals surface area contributed by atoms with Crippen LogP contribution in [0.15, 0.2) is 17.2 Å². The van der Waals surface area contributed by atoms with E-state index in [1.807, 2.05) is 20.8 Å². The third-order valence-electron chi connectivity index (χ3n) is 3.73. The van der Waals surface area contributed by atoms with Crippen molar-refractivity contribution in [3.63, 3.8) is 0 Å². The number of ether oxygens (including phenoxy) is 1. The summed E-state index contributed by atoms with van der Waals surface area (Å²) in [6.07, 6.45) is 4.53. The number of aryl methyl sites for hydroxylation is 1. The molecule has 0 saturated heterocycles. The lowest BCUT2D eigenvalue weighted by Gasteiger charge is -2.19. The smallest absolute Gasteiger partial charge is 0.306 e. The van der Waals surface area contributed by atoms with E-state index in [2.05, 4.69) is 24.0 Å². The van der Waals surface area contributed by atoms with Gasteiger partial charge in [0.1, 0.15) is 5.60 Å². The molecule has 1 aromatic rings. The Labute approximate surface area is 142 Å². The highest BCUT2D eigenvalue weighted by Gasteiger charge is 2.45. The van der Waals surface area contributed by atoms with Gasteiger partial charge in [-0.05, 0) is 51.0 Å². The van der Waals surface area contributed by atoms with Gasteiger partial charge >= 0.3 is 5.97 Å². The Balaban J connectivity index is 2.09. The SMILES string of the molecule is CCSc1cc(C2(C#N)CC2)cnc1CCC(=O)OC(C)(C)C. The minimum absolute atomic E-state index is 0.202. The molecule has 0 unspecified atom stereocenters. The fourth-order valence-electron chi connectivity index (χ4n) is 2.41. The first-order chi connectivity index (χ1) is 10.8. The monoisotopic (exact) mass is 332 g/mol. The minimum atomic E-state index is -0.458. The van der Waals surface area contributed by atoms with E-state index in [4.69, 9.17) is 4.74 Å². The van der Waals surface area contributed by atoms with Crippen LogP contribution in [0, 0.1) is 11.3 Å². The van der Waals surface area contributed by atoms with Crippen molar-refractivity contribution < 1.29 is 9.53 Å². The van der Waals surface area contributed by atoms with Crippen molar-refractivity contribution >= 4 is 17.7 Å². The van der Waals surface area contributed by atoms with Gasteiger partial charge in [0.05, 0.1) is 23.6 Å². The molecule has 0 radical (unpaired) electrons. The van der Waals surface area contributed by atoms with E-state index in [9.17, 15) is 10.1 Å². The largest absolute Gasteiger partial charge is 0.460 e. The number of aromatic nitrogens is 1. The zero-order valence-corrected chi connectivity index (χ0v) is 15.1. The van der Waals surface area contributed by atoms with Gasteiger partial charge in [-0.3, -0.25) is 9.78 Å². The van der Waals surface area contributed by atoms with Gasteiger partial charge in [-0.1, -0.05) is 6.92 Å². The lowest BCUT2D eigenvalue weighted by atomic mass is 9.99. The number of nitrogens with zero attached hydrogens (tertiary/aromatic N) is 2. The second kappa shape index (κ2) is 6.92. The standard InChI is InChI=1S/C18H24N2O2S/c1-5-23-15-10-13(18(12-19)8-9-18)11-20-14(15)6-7-16(21)22-17(2,3)4/h10-11H,5-9H2,1-4H3. The summed E-state index contributed by atoms with van der Waals surface area (Å²) < 4.78 is 5.35. The molecule has 1 heterocycles. The van der Waals surface area contributed by atoms with Crippen molar-refractivity contribution in [1.29, 1.82) is 5.26 Å². The number of hydrogen-bond donors (Lipinski definition) is 0. The Morgan fingerprint density at radius 3 is 2.70 bits per heavy atom. The highest BCUT2D eigenvalue weighted by atomic mass is 32.2. The molecule has 23 heavy (non-hydrogen) atoms. The predicted molar refractivity (Wildman–Crippen MR) is 91.3 cm³/mol. The molecule has 1 aliphatic rings. The van der Waals surface area contributed by atoms with Gasteiger partial charge in [-0.2, -0.15) is 5.26 Å². The van der Waals surface area contributed by atoms with Crippen LogP contribution in [0.1, 0.15) is 58.2 Å². The Morgan fingerprint density at radius 1 is 1.48 bits per heavy atom. The number of esters is 1. The molecule has 0 amide bonds. The molecule has 0 aliphatic heterocycles. The van der Waals surface area contributed by atoms with Crippen LogP contribution in [0.5, 0.6) is 0 Å². The molecular weight excluding hydrogens is 308 g/mol. The molecular formula is C18H24N2O2S. The third kappa shape index (κ3) is 4.71. The van der Waals surface area contributed by atoms with Gasteiger partial charge in [0, 0.05) is 17.5 Å². The number of hydrogen-bond acceptors (Lipinski definition) is 5. The number of thioether (sulfide) groups is 1. The number of carbonyl (C=O) groups excluding carboxylic acids is 1. The lowest BCUT2D eigenvalue weighted by Crippen LogP contribution is -2.24. The lowest BCUT2D eigenvalue weighted by molar-refractivity contribution is -0.154. The Kier molecular flexibility index (Phi) is 5.36.